The Hall–Kier alpha value is -2.15. The van der Waals surface area contributed by atoms with Crippen molar-refractivity contribution in [2.45, 2.75) is 50.2 Å². The average molecular weight is 314 g/mol. The molecule has 1 saturated carbocycles. The van der Waals surface area contributed by atoms with Crippen molar-refractivity contribution < 1.29 is 4.79 Å². The van der Waals surface area contributed by atoms with E-state index in [9.17, 15) is 4.79 Å². The highest BCUT2D eigenvalue weighted by Gasteiger charge is 2.45. The Morgan fingerprint density at radius 2 is 2.30 bits per heavy atom. The number of nitrogens with zero attached hydrogens (tertiary/aromatic N) is 3. The van der Waals surface area contributed by atoms with Crippen LogP contribution in [-0.2, 0) is 23.3 Å². The highest BCUT2D eigenvalue weighted by molar-refractivity contribution is 5.82. The highest BCUT2D eigenvalue weighted by atomic mass is 16.2. The van der Waals surface area contributed by atoms with Gasteiger partial charge in [-0.1, -0.05) is 12.8 Å². The predicted octanol–water partition coefficient (Wildman–Crippen LogP) is 0.706. The number of hydrogen-bond acceptors (Lipinski definition) is 4. The van der Waals surface area contributed by atoms with Crippen LogP contribution in [0.1, 0.15) is 37.1 Å². The molecule has 2 aromatic heterocycles. The molecule has 1 amide bonds. The first-order chi connectivity index (χ1) is 11.3. The molecule has 1 fully saturated rings. The van der Waals surface area contributed by atoms with Crippen molar-refractivity contribution >= 4 is 5.91 Å². The van der Waals surface area contributed by atoms with Gasteiger partial charge in [0, 0.05) is 31.1 Å². The van der Waals surface area contributed by atoms with Crippen molar-refractivity contribution in [3.63, 3.8) is 0 Å². The largest absolute Gasteiger partial charge is 0.353 e. The van der Waals surface area contributed by atoms with Crippen LogP contribution in [-0.4, -0.2) is 38.2 Å². The van der Waals surface area contributed by atoms with Gasteiger partial charge in [-0.15, -0.1) is 0 Å². The molecule has 3 heterocycles. The molecule has 1 aliphatic heterocycles. The molecule has 0 unspecified atom stereocenters. The average Bonchev–Trinajstić information content (AvgIpc) is 3.28. The first-order valence-electron chi connectivity index (χ1n) is 8.32. The van der Waals surface area contributed by atoms with Gasteiger partial charge in [0.2, 0.25) is 5.91 Å². The zero-order valence-electron chi connectivity index (χ0n) is 13.1. The number of carbonyl (C=O) groups excluding carboxylic acids is 1. The van der Waals surface area contributed by atoms with E-state index in [4.69, 9.17) is 0 Å². The van der Waals surface area contributed by atoms with Gasteiger partial charge in [-0.05, 0) is 18.9 Å². The smallest absolute Gasteiger partial charge is 0.237 e. The van der Waals surface area contributed by atoms with Crippen LogP contribution in [0.4, 0.5) is 0 Å². The van der Waals surface area contributed by atoms with Gasteiger partial charge in [-0.25, -0.2) is 4.98 Å². The number of rotatable bonds is 4. The Morgan fingerprint density at radius 1 is 1.43 bits per heavy atom. The summed E-state index contributed by atoms with van der Waals surface area (Å²) < 4.78 is 1.82. The summed E-state index contributed by atoms with van der Waals surface area (Å²) in [5.41, 5.74) is 2.12. The minimum Gasteiger partial charge on any atom is -0.353 e. The second-order valence-corrected chi connectivity index (χ2v) is 6.48. The third-order valence-corrected chi connectivity index (χ3v) is 5.00. The first-order valence-corrected chi connectivity index (χ1v) is 8.32. The lowest BCUT2D eigenvalue weighted by molar-refractivity contribution is -0.124. The predicted molar refractivity (Wildman–Crippen MR) is 84.6 cm³/mol. The molecule has 0 radical (unpaired) electrons. The van der Waals surface area contributed by atoms with Crippen molar-refractivity contribution in [3.8, 4) is 0 Å². The number of H-pyrrole nitrogens is 1. The molecule has 2 aliphatic rings. The van der Waals surface area contributed by atoms with Crippen LogP contribution in [0.25, 0.3) is 0 Å². The number of nitrogens with one attached hydrogen (secondary N) is 3. The molecule has 3 N–H and O–H groups in total. The Kier molecular flexibility index (Phi) is 3.65. The lowest BCUT2D eigenvalue weighted by Gasteiger charge is -2.38. The van der Waals surface area contributed by atoms with Crippen LogP contribution in [0.15, 0.2) is 24.8 Å². The fourth-order valence-electron chi connectivity index (χ4n) is 3.91. The molecule has 7 nitrogen and oxygen atoms in total. The summed E-state index contributed by atoms with van der Waals surface area (Å²) in [7, 11) is 0. The van der Waals surface area contributed by atoms with Gasteiger partial charge in [0.15, 0.2) is 0 Å². The van der Waals surface area contributed by atoms with Gasteiger partial charge in [0.25, 0.3) is 0 Å². The number of aromatic amines is 1. The van der Waals surface area contributed by atoms with E-state index >= 15 is 0 Å². The Labute approximate surface area is 134 Å². The van der Waals surface area contributed by atoms with Gasteiger partial charge in [-0.2, -0.15) is 5.10 Å². The van der Waals surface area contributed by atoms with Gasteiger partial charge in [0.1, 0.15) is 0 Å². The van der Waals surface area contributed by atoms with Crippen molar-refractivity contribution in [1.29, 1.82) is 0 Å². The molecule has 1 aliphatic carbocycles. The van der Waals surface area contributed by atoms with Gasteiger partial charge >= 0.3 is 0 Å². The van der Waals surface area contributed by atoms with Gasteiger partial charge in [0.05, 0.1) is 30.1 Å². The topological polar surface area (TPSA) is 87.6 Å². The summed E-state index contributed by atoms with van der Waals surface area (Å²) in [5.74, 6) is 0.0590. The van der Waals surface area contributed by atoms with Crippen LogP contribution < -0.4 is 10.6 Å². The number of hydrogen-bond donors (Lipinski definition) is 3. The van der Waals surface area contributed by atoms with Crippen LogP contribution in [0.5, 0.6) is 0 Å². The molecule has 23 heavy (non-hydrogen) atoms. The summed E-state index contributed by atoms with van der Waals surface area (Å²) >= 11 is 0. The van der Waals surface area contributed by atoms with E-state index in [-0.39, 0.29) is 17.5 Å². The second kappa shape index (κ2) is 5.81. The van der Waals surface area contributed by atoms with E-state index in [1.54, 1.807) is 12.5 Å². The Morgan fingerprint density at radius 3 is 3.09 bits per heavy atom. The minimum absolute atomic E-state index is 0.0590. The summed E-state index contributed by atoms with van der Waals surface area (Å²) in [6, 6.07) is 1.69. The Bertz CT molecular complexity index is 671. The third kappa shape index (κ3) is 2.65. The van der Waals surface area contributed by atoms with Gasteiger partial charge < -0.3 is 10.3 Å². The maximum absolute atomic E-state index is 12.6. The lowest BCUT2D eigenvalue weighted by Crippen LogP contribution is -2.57. The molecule has 2 aromatic rings. The maximum Gasteiger partial charge on any atom is 0.237 e. The number of amides is 1. The third-order valence-electron chi connectivity index (χ3n) is 5.00. The quantitative estimate of drug-likeness (QED) is 0.775. The van der Waals surface area contributed by atoms with Crippen molar-refractivity contribution in [3.05, 3.63) is 36.2 Å². The molecule has 1 spiro atoms. The monoisotopic (exact) mass is 314 g/mol. The summed E-state index contributed by atoms with van der Waals surface area (Å²) in [4.78, 5) is 20.3. The van der Waals surface area contributed by atoms with Crippen molar-refractivity contribution in [1.82, 2.24) is 30.4 Å². The van der Waals surface area contributed by atoms with Crippen LogP contribution in [0, 0.1) is 0 Å². The SMILES string of the molecule is O=C(NCCn1cccn1)[C@@H]1Cc2[nH]cnc2C2(CCCC2)N1. The highest BCUT2D eigenvalue weighted by Crippen LogP contribution is 2.41. The fraction of sp³-hybridized carbons (Fsp3) is 0.562. The van der Waals surface area contributed by atoms with E-state index in [0.717, 1.165) is 24.2 Å². The van der Waals surface area contributed by atoms with Crippen LogP contribution in [0.3, 0.4) is 0 Å². The molecule has 1 atom stereocenters. The number of imidazole rings is 1. The number of aromatic nitrogens is 4. The summed E-state index contributed by atoms with van der Waals surface area (Å²) in [6.45, 7) is 1.27. The molecule has 122 valence electrons. The molecular weight excluding hydrogens is 292 g/mol. The normalized spacial score (nSPS) is 22.2. The summed E-state index contributed by atoms with van der Waals surface area (Å²) in [6.07, 6.45) is 10.6. The molecule has 0 saturated heterocycles. The molecular formula is C16H22N6O. The van der Waals surface area contributed by atoms with E-state index in [2.05, 4.69) is 25.7 Å². The number of carbonyl (C=O) groups is 1. The first kappa shape index (κ1) is 14.4. The minimum atomic E-state index is -0.196. The van der Waals surface area contributed by atoms with Crippen LogP contribution in [0.2, 0.25) is 0 Å². The Balaban J connectivity index is 1.42. The van der Waals surface area contributed by atoms with E-state index < -0.39 is 0 Å². The molecule has 0 aromatic carbocycles. The maximum atomic E-state index is 12.6. The zero-order valence-corrected chi connectivity index (χ0v) is 13.1. The summed E-state index contributed by atoms with van der Waals surface area (Å²) in [5, 5.41) is 10.8. The second-order valence-electron chi connectivity index (χ2n) is 6.48. The fourth-order valence-corrected chi connectivity index (χ4v) is 3.91. The van der Waals surface area contributed by atoms with Gasteiger partial charge in [-0.3, -0.25) is 14.8 Å². The zero-order chi connectivity index (χ0) is 15.7. The van der Waals surface area contributed by atoms with E-state index in [1.165, 1.54) is 12.8 Å². The van der Waals surface area contributed by atoms with E-state index in [1.807, 2.05) is 16.9 Å². The van der Waals surface area contributed by atoms with Crippen molar-refractivity contribution in [2.75, 3.05) is 6.54 Å². The molecule has 0 bridgehead atoms. The number of fused-ring (bicyclic) bond motifs is 2. The van der Waals surface area contributed by atoms with Crippen LogP contribution >= 0.6 is 0 Å². The molecule has 4 rings (SSSR count). The lowest BCUT2D eigenvalue weighted by atomic mass is 9.85. The molecule has 7 heteroatoms. The standard InChI is InChI=1S/C16H22N6O/c23-15(17-7-9-22-8-3-6-20-22)13-10-12-14(19-11-18-12)16(21-13)4-1-2-5-16/h3,6,8,11,13,21H,1-2,4-5,7,9-10H2,(H,17,23)(H,18,19)/t13-/m0/s1. The van der Waals surface area contributed by atoms with Crippen molar-refractivity contribution in [2.24, 2.45) is 0 Å². The van der Waals surface area contributed by atoms with E-state index in [0.29, 0.717) is 19.5 Å².